The Kier molecular flexibility index (Phi) is 4.06. The fraction of sp³-hybridized carbons (Fsp3) is 0.500. The normalized spacial score (nSPS) is 23.7. The molecule has 1 aliphatic heterocycles. The fourth-order valence-corrected chi connectivity index (χ4v) is 3.64. The van der Waals surface area contributed by atoms with Crippen LogP contribution in [0.5, 0.6) is 0 Å². The quantitative estimate of drug-likeness (QED) is 0.833. The van der Waals surface area contributed by atoms with Gasteiger partial charge in [0.1, 0.15) is 0 Å². The lowest BCUT2D eigenvalue weighted by Gasteiger charge is -2.17. The fourth-order valence-electron chi connectivity index (χ4n) is 2.07. The van der Waals surface area contributed by atoms with Gasteiger partial charge in [-0.1, -0.05) is 11.6 Å². The molecule has 7 heteroatoms. The van der Waals surface area contributed by atoms with Crippen molar-refractivity contribution in [3.05, 3.63) is 22.7 Å². The van der Waals surface area contributed by atoms with Gasteiger partial charge in [0.15, 0.2) is 0 Å². The van der Waals surface area contributed by atoms with Crippen LogP contribution in [-0.2, 0) is 14.8 Å². The molecule has 1 fully saturated rings. The van der Waals surface area contributed by atoms with E-state index in [2.05, 4.69) is 4.72 Å². The minimum atomic E-state index is -3.61. The van der Waals surface area contributed by atoms with Crippen LogP contribution in [0.15, 0.2) is 17.0 Å². The summed E-state index contributed by atoms with van der Waals surface area (Å²) < 4.78 is 32.6. The molecule has 1 heterocycles. The van der Waals surface area contributed by atoms with E-state index in [0.717, 1.165) is 0 Å². The van der Waals surface area contributed by atoms with Gasteiger partial charge in [-0.3, -0.25) is 0 Å². The zero-order valence-electron chi connectivity index (χ0n) is 10.8. The van der Waals surface area contributed by atoms with E-state index in [4.69, 9.17) is 22.1 Å². The van der Waals surface area contributed by atoms with Crippen LogP contribution in [-0.4, -0.2) is 27.2 Å². The van der Waals surface area contributed by atoms with Crippen LogP contribution in [0.2, 0.25) is 5.02 Å². The number of anilines is 1. The lowest BCUT2D eigenvalue weighted by molar-refractivity contribution is 0.117. The number of benzene rings is 1. The minimum absolute atomic E-state index is 0.125. The molecule has 0 radical (unpaired) electrons. The van der Waals surface area contributed by atoms with Crippen molar-refractivity contribution in [2.45, 2.75) is 37.3 Å². The zero-order chi connectivity index (χ0) is 14.2. The monoisotopic (exact) mass is 304 g/mol. The average molecular weight is 305 g/mol. The number of rotatable bonds is 3. The molecule has 1 aliphatic rings. The number of nitrogens with two attached hydrogens (primary N) is 1. The number of sulfonamides is 1. The summed E-state index contributed by atoms with van der Waals surface area (Å²) in [6, 6.07) is 2.68. The number of halogens is 1. The first-order valence-electron chi connectivity index (χ1n) is 6.01. The van der Waals surface area contributed by atoms with Gasteiger partial charge in [-0.2, -0.15) is 0 Å². The Bertz CT molecular complexity index is 566. The number of nitrogen functional groups attached to an aromatic ring is 1. The van der Waals surface area contributed by atoms with Gasteiger partial charge in [-0.25, -0.2) is 13.1 Å². The van der Waals surface area contributed by atoms with Crippen LogP contribution in [0.25, 0.3) is 0 Å². The summed E-state index contributed by atoms with van der Waals surface area (Å²) in [4.78, 5) is 0.131. The summed E-state index contributed by atoms with van der Waals surface area (Å²) in [5.41, 5.74) is 6.60. The van der Waals surface area contributed by atoms with Gasteiger partial charge in [0.05, 0.1) is 27.8 Å². The smallest absolute Gasteiger partial charge is 0.240 e. The molecule has 1 aromatic carbocycles. The van der Waals surface area contributed by atoms with Gasteiger partial charge in [0.2, 0.25) is 10.0 Å². The maximum atomic E-state index is 12.3. The molecule has 106 valence electrons. The van der Waals surface area contributed by atoms with E-state index in [9.17, 15) is 8.42 Å². The Morgan fingerprint density at radius 3 is 2.68 bits per heavy atom. The van der Waals surface area contributed by atoms with E-state index in [1.165, 1.54) is 12.1 Å². The van der Waals surface area contributed by atoms with Crippen molar-refractivity contribution in [2.24, 2.45) is 0 Å². The standard InChI is InChI=1S/C12H17ClN2O3S/c1-7-5-9(6-10(14)12(7)13)19(16,17)15-11-3-4-18-8(11)2/h5-6,8,11,15H,3-4,14H2,1-2H3. The molecule has 2 rings (SSSR count). The second kappa shape index (κ2) is 5.28. The average Bonchev–Trinajstić information content (AvgIpc) is 2.70. The SMILES string of the molecule is Cc1cc(S(=O)(=O)NC2CCOC2C)cc(N)c1Cl. The molecule has 1 saturated heterocycles. The number of hydrogen-bond donors (Lipinski definition) is 2. The molecular weight excluding hydrogens is 288 g/mol. The van der Waals surface area contributed by atoms with E-state index in [1.807, 2.05) is 6.92 Å². The molecule has 0 spiro atoms. The van der Waals surface area contributed by atoms with Crippen molar-refractivity contribution in [3.63, 3.8) is 0 Å². The van der Waals surface area contributed by atoms with Gasteiger partial charge in [-0.05, 0) is 38.0 Å². The molecule has 0 aliphatic carbocycles. The van der Waals surface area contributed by atoms with Crippen molar-refractivity contribution in [1.82, 2.24) is 4.72 Å². The lowest BCUT2D eigenvalue weighted by atomic mass is 10.2. The Labute approximate surface area is 118 Å². The largest absolute Gasteiger partial charge is 0.397 e. The summed E-state index contributed by atoms with van der Waals surface area (Å²) in [5.74, 6) is 0. The maximum absolute atomic E-state index is 12.3. The Hall–Kier alpha value is -0.820. The van der Waals surface area contributed by atoms with Crippen LogP contribution in [0.4, 0.5) is 5.69 Å². The van der Waals surface area contributed by atoms with E-state index < -0.39 is 10.0 Å². The summed E-state index contributed by atoms with van der Waals surface area (Å²) in [5, 5.41) is 0.386. The van der Waals surface area contributed by atoms with Crippen LogP contribution in [0.1, 0.15) is 18.9 Å². The molecule has 2 atom stereocenters. The first-order valence-corrected chi connectivity index (χ1v) is 7.87. The van der Waals surface area contributed by atoms with Gasteiger partial charge in [0, 0.05) is 6.61 Å². The third-order valence-corrected chi connectivity index (χ3v) is 5.23. The van der Waals surface area contributed by atoms with E-state index in [-0.39, 0.29) is 22.7 Å². The number of ether oxygens (including phenoxy) is 1. The number of nitrogens with one attached hydrogen (secondary N) is 1. The predicted molar refractivity (Wildman–Crippen MR) is 74.7 cm³/mol. The van der Waals surface area contributed by atoms with Crippen LogP contribution in [0, 0.1) is 6.92 Å². The lowest BCUT2D eigenvalue weighted by Crippen LogP contribution is -2.39. The predicted octanol–water partition coefficient (Wildman–Crippen LogP) is 1.69. The number of hydrogen-bond acceptors (Lipinski definition) is 4. The summed E-state index contributed by atoms with van der Waals surface area (Å²) in [6.45, 7) is 4.14. The molecule has 3 N–H and O–H groups in total. The Morgan fingerprint density at radius 2 is 2.16 bits per heavy atom. The molecule has 1 aromatic rings. The molecule has 0 aromatic heterocycles. The first-order chi connectivity index (χ1) is 8.81. The summed E-state index contributed by atoms with van der Waals surface area (Å²) in [7, 11) is -3.61. The second-order valence-electron chi connectivity index (χ2n) is 4.74. The zero-order valence-corrected chi connectivity index (χ0v) is 12.4. The highest BCUT2D eigenvalue weighted by molar-refractivity contribution is 7.89. The molecule has 19 heavy (non-hydrogen) atoms. The molecule has 0 amide bonds. The summed E-state index contributed by atoms with van der Waals surface area (Å²) >= 11 is 5.93. The molecular formula is C12H17ClN2O3S. The van der Waals surface area contributed by atoms with E-state index >= 15 is 0 Å². The van der Waals surface area contributed by atoms with Gasteiger partial charge in [-0.15, -0.1) is 0 Å². The minimum Gasteiger partial charge on any atom is -0.397 e. The van der Waals surface area contributed by atoms with Crippen LogP contribution < -0.4 is 10.5 Å². The topological polar surface area (TPSA) is 81.4 Å². The Morgan fingerprint density at radius 1 is 1.47 bits per heavy atom. The molecule has 0 saturated carbocycles. The van der Waals surface area contributed by atoms with Crippen LogP contribution >= 0.6 is 11.6 Å². The highest BCUT2D eigenvalue weighted by atomic mass is 35.5. The molecule has 2 unspecified atom stereocenters. The third kappa shape index (κ3) is 3.02. The maximum Gasteiger partial charge on any atom is 0.240 e. The van der Waals surface area contributed by atoms with Crippen molar-refractivity contribution in [2.75, 3.05) is 12.3 Å². The van der Waals surface area contributed by atoms with Crippen molar-refractivity contribution in [3.8, 4) is 0 Å². The highest BCUT2D eigenvalue weighted by Gasteiger charge is 2.29. The second-order valence-corrected chi connectivity index (χ2v) is 6.83. The molecule has 0 bridgehead atoms. The van der Waals surface area contributed by atoms with Crippen LogP contribution in [0.3, 0.4) is 0 Å². The van der Waals surface area contributed by atoms with Crippen molar-refractivity contribution in [1.29, 1.82) is 0 Å². The Balaban J connectivity index is 2.29. The van der Waals surface area contributed by atoms with E-state index in [0.29, 0.717) is 23.6 Å². The summed E-state index contributed by atoms with van der Waals surface area (Å²) in [6.07, 6.45) is 0.545. The molecule has 5 nitrogen and oxygen atoms in total. The van der Waals surface area contributed by atoms with Gasteiger partial charge in [0.25, 0.3) is 0 Å². The van der Waals surface area contributed by atoms with E-state index in [1.54, 1.807) is 6.92 Å². The van der Waals surface area contributed by atoms with Gasteiger partial charge >= 0.3 is 0 Å². The number of aryl methyl sites for hydroxylation is 1. The van der Waals surface area contributed by atoms with Crippen molar-refractivity contribution < 1.29 is 13.2 Å². The van der Waals surface area contributed by atoms with Gasteiger partial charge < -0.3 is 10.5 Å². The van der Waals surface area contributed by atoms with Crippen molar-refractivity contribution >= 4 is 27.3 Å². The highest BCUT2D eigenvalue weighted by Crippen LogP contribution is 2.27. The first kappa shape index (κ1) is 14.6. The third-order valence-electron chi connectivity index (χ3n) is 3.25.